The molecule has 0 fully saturated rings. The quantitative estimate of drug-likeness (QED) is 0.296. The zero-order valence-electron chi connectivity index (χ0n) is 15.4. The topological polar surface area (TPSA) is 15.3 Å². The van der Waals surface area contributed by atoms with Crippen LogP contribution in [0.25, 0.3) is 0 Å². The fourth-order valence-corrected chi connectivity index (χ4v) is 3.08. The fraction of sp³-hybridized carbons (Fsp3) is 1.00. The molecule has 0 aromatic heterocycles. The van der Waals surface area contributed by atoms with E-state index in [-0.39, 0.29) is 0 Å². The van der Waals surface area contributed by atoms with Crippen molar-refractivity contribution in [1.29, 1.82) is 0 Å². The van der Waals surface area contributed by atoms with Gasteiger partial charge >= 0.3 is 0 Å². The van der Waals surface area contributed by atoms with Crippen LogP contribution in [0.15, 0.2) is 0 Å². The van der Waals surface area contributed by atoms with Crippen LogP contribution in [-0.4, -0.2) is 30.7 Å². The predicted molar refractivity (Wildman–Crippen MR) is 96.8 cm³/mol. The van der Waals surface area contributed by atoms with Crippen LogP contribution in [0.2, 0.25) is 0 Å². The van der Waals surface area contributed by atoms with Gasteiger partial charge in [-0.05, 0) is 32.5 Å². The average Bonchev–Trinajstić information content (AvgIpc) is 2.51. The number of unbranched alkanes of at least 4 members (excludes halogenated alkanes) is 9. The van der Waals surface area contributed by atoms with Crippen molar-refractivity contribution >= 4 is 0 Å². The Morgan fingerprint density at radius 3 is 1.57 bits per heavy atom. The van der Waals surface area contributed by atoms with Crippen molar-refractivity contribution in [3.63, 3.8) is 0 Å². The highest BCUT2D eigenvalue weighted by molar-refractivity contribution is 4.66. The molecule has 1 unspecified atom stereocenters. The van der Waals surface area contributed by atoms with E-state index in [9.17, 15) is 0 Å². The highest BCUT2D eigenvalue weighted by atomic mass is 15.3. The van der Waals surface area contributed by atoms with Crippen LogP contribution in [0.5, 0.6) is 0 Å². The minimum atomic E-state index is 0.582. The van der Waals surface area contributed by atoms with Gasteiger partial charge in [-0.1, -0.05) is 85.5 Å². The summed E-state index contributed by atoms with van der Waals surface area (Å²) in [5.74, 6) is 0. The van der Waals surface area contributed by atoms with Gasteiger partial charge in [0.15, 0.2) is 0 Å². The second-order valence-electron chi connectivity index (χ2n) is 6.28. The Hall–Kier alpha value is -0.0800. The fourth-order valence-electron chi connectivity index (χ4n) is 3.08. The number of nitrogens with zero attached hydrogens (tertiary/aromatic N) is 1. The minimum absolute atomic E-state index is 0.582. The lowest BCUT2D eigenvalue weighted by molar-refractivity contribution is 0.176. The Morgan fingerprint density at radius 1 is 0.667 bits per heavy atom. The van der Waals surface area contributed by atoms with Crippen molar-refractivity contribution in [2.45, 2.75) is 104 Å². The van der Waals surface area contributed by atoms with Crippen LogP contribution >= 0.6 is 0 Å². The molecule has 0 saturated carbocycles. The third-order valence-electron chi connectivity index (χ3n) is 4.55. The van der Waals surface area contributed by atoms with E-state index in [1.54, 1.807) is 0 Å². The lowest BCUT2D eigenvalue weighted by Gasteiger charge is -2.29. The van der Waals surface area contributed by atoms with Crippen LogP contribution in [-0.2, 0) is 0 Å². The first-order valence-corrected chi connectivity index (χ1v) is 9.77. The molecule has 1 N–H and O–H groups in total. The van der Waals surface area contributed by atoms with Gasteiger partial charge in [-0.15, -0.1) is 0 Å². The highest BCUT2D eigenvalue weighted by Crippen LogP contribution is 2.10. The van der Waals surface area contributed by atoms with Crippen LogP contribution in [0, 0.1) is 0 Å². The van der Waals surface area contributed by atoms with Crippen LogP contribution in [0.3, 0.4) is 0 Å². The summed E-state index contributed by atoms with van der Waals surface area (Å²) in [6.07, 6.45) is 16.0. The van der Waals surface area contributed by atoms with Crippen LogP contribution in [0.1, 0.15) is 98.3 Å². The Bertz CT molecular complexity index is 190. The summed E-state index contributed by atoms with van der Waals surface area (Å²) in [6.45, 7) is 12.6. The first kappa shape index (κ1) is 20.9. The lowest BCUT2D eigenvalue weighted by Crippen LogP contribution is -2.45. The van der Waals surface area contributed by atoms with E-state index >= 15 is 0 Å². The summed E-state index contributed by atoms with van der Waals surface area (Å²) in [5.41, 5.74) is 0. The van der Waals surface area contributed by atoms with Gasteiger partial charge in [-0.25, -0.2) is 0 Å². The molecule has 0 saturated heterocycles. The number of hydrogen-bond donors (Lipinski definition) is 1. The number of hydrogen-bond acceptors (Lipinski definition) is 2. The molecule has 0 rings (SSSR count). The van der Waals surface area contributed by atoms with Crippen molar-refractivity contribution in [3.05, 3.63) is 0 Å². The Balaban J connectivity index is 3.34. The van der Waals surface area contributed by atoms with Gasteiger partial charge in [-0.3, -0.25) is 4.90 Å². The molecule has 0 amide bonds. The molecule has 21 heavy (non-hydrogen) atoms. The van der Waals surface area contributed by atoms with Gasteiger partial charge in [0.2, 0.25) is 0 Å². The van der Waals surface area contributed by atoms with Crippen LogP contribution in [0.4, 0.5) is 0 Å². The summed E-state index contributed by atoms with van der Waals surface area (Å²) < 4.78 is 0. The maximum absolute atomic E-state index is 3.72. The summed E-state index contributed by atoms with van der Waals surface area (Å²) >= 11 is 0. The molecule has 0 aromatic carbocycles. The van der Waals surface area contributed by atoms with Crippen molar-refractivity contribution in [2.24, 2.45) is 0 Å². The third-order valence-corrected chi connectivity index (χ3v) is 4.55. The van der Waals surface area contributed by atoms with Crippen molar-refractivity contribution in [2.75, 3.05) is 19.6 Å². The molecule has 2 heteroatoms. The molecule has 0 heterocycles. The van der Waals surface area contributed by atoms with E-state index in [0.29, 0.717) is 6.17 Å². The average molecular weight is 299 g/mol. The van der Waals surface area contributed by atoms with E-state index in [2.05, 4.69) is 37.9 Å². The van der Waals surface area contributed by atoms with E-state index < -0.39 is 0 Å². The summed E-state index contributed by atoms with van der Waals surface area (Å²) in [7, 11) is 0. The molecular weight excluding hydrogens is 256 g/mol. The maximum atomic E-state index is 3.72. The minimum Gasteiger partial charge on any atom is -0.302 e. The summed E-state index contributed by atoms with van der Waals surface area (Å²) in [6, 6.07) is 0. The van der Waals surface area contributed by atoms with Gasteiger partial charge in [-0.2, -0.15) is 0 Å². The van der Waals surface area contributed by atoms with Crippen molar-refractivity contribution in [3.8, 4) is 0 Å². The standard InChI is InChI=1S/C19H42N2/c1-5-9-10-11-12-13-14-15-16-17-18-20-19(6-2)21(7-3)8-4/h19-20H,5-18H2,1-4H3. The van der Waals surface area contributed by atoms with Gasteiger partial charge in [0.25, 0.3) is 0 Å². The van der Waals surface area contributed by atoms with Gasteiger partial charge < -0.3 is 5.32 Å². The molecule has 0 aliphatic rings. The van der Waals surface area contributed by atoms with E-state index in [1.807, 2.05) is 0 Å². The molecule has 0 aliphatic heterocycles. The molecule has 0 aromatic rings. The molecular formula is C19H42N2. The largest absolute Gasteiger partial charge is 0.302 e. The highest BCUT2D eigenvalue weighted by Gasteiger charge is 2.11. The smallest absolute Gasteiger partial charge is 0.0594 e. The summed E-state index contributed by atoms with van der Waals surface area (Å²) in [4.78, 5) is 2.52. The second kappa shape index (κ2) is 16.3. The number of rotatable bonds is 16. The Kier molecular flexibility index (Phi) is 16.2. The molecule has 0 aliphatic carbocycles. The zero-order valence-corrected chi connectivity index (χ0v) is 15.4. The van der Waals surface area contributed by atoms with E-state index in [4.69, 9.17) is 0 Å². The molecule has 0 bridgehead atoms. The molecule has 0 radical (unpaired) electrons. The van der Waals surface area contributed by atoms with Crippen molar-refractivity contribution in [1.82, 2.24) is 10.2 Å². The predicted octanol–water partition coefficient (Wildman–Crippen LogP) is 5.57. The number of nitrogens with one attached hydrogen (secondary N) is 1. The summed E-state index contributed by atoms with van der Waals surface area (Å²) in [5, 5.41) is 3.72. The SMILES string of the molecule is CCCCCCCCCCCCNC(CC)N(CC)CC. The third kappa shape index (κ3) is 12.2. The first-order chi connectivity index (χ1) is 10.3. The first-order valence-electron chi connectivity index (χ1n) is 9.77. The van der Waals surface area contributed by atoms with E-state index in [1.165, 1.54) is 77.2 Å². The van der Waals surface area contributed by atoms with E-state index in [0.717, 1.165) is 13.1 Å². The second-order valence-corrected chi connectivity index (χ2v) is 6.28. The lowest BCUT2D eigenvalue weighted by atomic mass is 10.1. The molecule has 1 atom stereocenters. The zero-order chi connectivity index (χ0) is 15.8. The van der Waals surface area contributed by atoms with Crippen LogP contribution < -0.4 is 5.32 Å². The van der Waals surface area contributed by atoms with Crippen molar-refractivity contribution < 1.29 is 0 Å². The Morgan fingerprint density at radius 2 is 1.14 bits per heavy atom. The normalized spacial score (nSPS) is 13.0. The monoisotopic (exact) mass is 298 g/mol. The Labute approximate surface area is 135 Å². The van der Waals surface area contributed by atoms with Gasteiger partial charge in [0.1, 0.15) is 0 Å². The maximum Gasteiger partial charge on any atom is 0.0594 e. The molecule has 2 nitrogen and oxygen atoms in total. The molecule has 0 spiro atoms. The van der Waals surface area contributed by atoms with Gasteiger partial charge in [0.05, 0.1) is 6.17 Å². The molecule has 128 valence electrons. The van der Waals surface area contributed by atoms with Gasteiger partial charge in [0, 0.05) is 0 Å².